The van der Waals surface area contributed by atoms with Crippen molar-refractivity contribution in [2.75, 3.05) is 13.7 Å². The number of carbonyl (C=O) groups excluding carboxylic acids is 2. The summed E-state index contributed by atoms with van der Waals surface area (Å²) in [5, 5.41) is 1.06. The van der Waals surface area contributed by atoms with E-state index in [9.17, 15) is 9.59 Å². The summed E-state index contributed by atoms with van der Waals surface area (Å²) in [5.74, 6) is -0.0822. The van der Waals surface area contributed by atoms with Crippen molar-refractivity contribution in [2.45, 2.75) is 13.0 Å². The summed E-state index contributed by atoms with van der Waals surface area (Å²) in [6, 6.07) is 10.7. The lowest BCUT2D eigenvalue weighted by Crippen LogP contribution is -2.30. The molecule has 0 aromatic heterocycles. The Morgan fingerprint density at radius 3 is 2.74 bits per heavy atom. The zero-order chi connectivity index (χ0) is 22.5. The van der Waals surface area contributed by atoms with Crippen molar-refractivity contribution in [1.82, 2.24) is 4.90 Å². The average Bonchev–Trinajstić information content (AvgIpc) is 2.99. The van der Waals surface area contributed by atoms with Crippen molar-refractivity contribution in [3.05, 3.63) is 66.9 Å². The molecule has 0 spiro atoms. The molecule has 3 rings (SSSR count). The van der Waals surface area contributed by atoms with Gasteiger partial charge in [-0.25, -0.2) is 0 Å². The highest BCUT2D eigenvalue weighted by atomic mass is 79.9. The topological polar surface area (TPSA) is 55.8 Å². The van der Waals surface area contributed by atoms with Crippen LogP contribution >= 0.6 is 63.1 Å². The number of halogens is 3. The van der Waals surface area contributed by atoms with Gasteiger partial charge in [0, 0.05) is 32.2 Å². The largest absolute Gasteiger partial charge is 0.488 e. The van der Waals surface area contributed by atoms with E-state index in [2.05, 4.69) is 20.7 Å². The number of nitrogens with zero attached hydrogens (tertiary/aromatic N) is 1. The minimum Gasteiger partial charge on any atom is -0.488 e. The Balaban J connectivity index is 1.80. The molecular formula is C21H16BrCl2NO4S2. The van der Waals surface area contributed by atoms with Crippen molar-refractivity contribution >= 4 is 85.4 Å². The van der Waals surface area contributed by atoms with Crippen LogP contribution < -0.4 is 4.74 Å². The standard InChI is InChI=1S/C21H16BrCl2NO4S2/c1-28-19(26)6-7-25-20(27)18(31-21(25)30)9-13-8-14(22)3-5-17(13)29-11-12-2-4-15(23)10-16(12)24/h2-5,8-10H,6-7,11H2,1H3/b18-9+. The third-order valence-electron chi connectivity index (χ3n) is 4.30. The summed E-state index contributed by atoms with van der Waals surface area (Å²) >= 11 is 22.1. The van der Waals surface area contributed by atoms with Crippen molar-refractivity contribution < 1.29 is 19.1 Å². The normalized spacial score (nSPS) is 15.0. The number of methoxy groups -OCH3 is 1. The van der Waals surface area contributed by atoms with Gasteiger partial charge in [-0.2, -0.15) is 0 Å². The number of esters is 1. The van der Waals surface area contributed by atoms with Gasteiger partial charge in [-0.15, -0.1) is 0 Å². The van der Waals surface area contributed by atoms with Gasteiger partial charge in [0.05, 0.1) is 18.4 Å². The lowest BCUT2D eigenvalue weighted by Gasteiger charge is -2.13. The van der Waals surface area contributed by atoms with E-state index in [0.717, 1.165) is 10.0 Å². The Bertz CT molecular complexity index is 1080. The molecule has 2 aromatic carbocycles. The molecular weight excluding hydrogens is 545 g/mol. The van der Waals surface area contributed by atoms with Crippen LogP contribution in [0.15, 0.2) is 45.8 Å². The first-order chi connectivity index (χ1) is 14.8. The van der Waals surface area contributed by atoms with Crippen LogP contribution in [0.4, 0.5) is 0 Å². The first-order valence-electron chi connectivity index (χ1n) is 8.97. The number of thioether (sulfide) groups is 1. The quantitative estimate of drug-likeness (QED) is 0.232. The highest BCUT2D eigenvalue weighted by Gasteiger charge is 2.32. The molecule has 0 N–H and O–H groups in total. The van der Waals surface area contributed by atoms with Crippen LogP contribution in [0.5, 0.6) is 5.75 Å². The summed E-state index contributed by atoms with van der Waals surface area (Å²) < 4.78 is 11.8. The van der Waals surface area contributed by atoms with Crippen molar-refractivity contribution in [2.24, 2.45) is 0 Å². The van der Waals surface area contributed by atoms with Crippen LogP contribution in [-0.4, -0.2) is 34.8 Å². The Labute approximate surface area is 207 Å². The number of ether oxygens (including phenoxy) is 2. The average molecular weight is 561 g/mol. The van der Waals surface area contributed by atoms with Gasteiger partial charge in [-0.05, 0) is 36.4 Å². The maximum atomic E-state index is 12.8. The maximum Gasteiger partial charge on any atom is 0.307 e. The molecule has 1 heterocycles. The van der Waals surface area contributed by atoms with E-state index in [-0.39, 0.29) is 25.5 Å². The molecule has 0 aliphatic carbocycles. The van der Waals surface area contributed by atoms with E-state index in [1.165, 1.54) is 23.8 Å². The number of hydrogen-bond donors (Lipinski definition) is 0. The SMILES string of the molecule is COC(=O)CCN1C(=O)/C(=C\c2cc(Br)ccc2OCc2ccc(Cl)cc2Cl)SC1=S. The smallest absolute Gasteiger partial charge is 0.307 e. The van der Waals surface area contributed by atoms with Gasteiger partial charge in [0.2, 0.25) is 0 Å². The highest BCUT2D eigenvalue weighted by Crippen LogP contribution is 2.35. The summed E-state index contributed by atoms with van der Waals surface area (Å²) in [7, 11) is 1.30. The maximum absolute atomic E-state index is 12.8. The fourth-order valence-electron chi connectivity index (χ4n) is 2.70. The molecule has 5 nitrogen and oxygen atoms in total. The first kappa shape index (κ1) is 24.1. The molecule has 1 saturated heterocycles. The molecule has 0 radical (unpaired) electrons. The van der Waals surface area contributed by atoms with Crippen LogP contribution in [0.2, 0.25) is 10.0 Å². The van der Waals surface area contributed by atoms with Crippen LogP contribution in [0.1, 0.15) is 17.5 Å². The van der Waals surface area contributed by atoms with E-state index < -0.39 is 5.97 Å². The minimum absolute atomic E-state index is 0.0727. The first-order valence-corrected chi connectivity index (χ1v) is 11.7. The Morgan fingerprint density at radius 2 is 2.03 bits per heavy atom. The van der Waals surface area contributed by atoms with Gasteiger partial charge >= 0.3 is 5.97 Å². The Morgan fingerprint density at radius 1 is 1.26 bits per heavy atom. The van der Waals surface area contributed by atoms with Crippen molar-refractivity contribution in [3.8, 4) is 5.75 Å². The van der Waals surface area contributed by atoms with Gasteiger partial charge in [-0.1, -0.05) is 69.2 Å². The number of hydrogen-bond acceptors (Lipinski definition) is 6. The molecule has 0 atom stereocenters. The molecule has 0 saturated carbocycles. The van der Waals surface area contributed by atoms with Gasteiger partial charge in [-0.3, -0.25) is 14.5 Å². The van der Waals surface area contributed by atoms with E-state index in [1.54, 1.807) is 30.3 Å². The molecule has 1 aliphatic rings. The monoisotopic (exact) mass is 559 g/mol. The predicted octanol–water partition coefficient (Wildman–Crippen LogP) is 6.10. The Hall–Kier alpha value is -1.58. The van der Waals surface area contributed by atoms with Crippen molar-refractivity contribution in [3.63, 3.8) is 0 Å². The molecule has 1 amide bonds. The van der Waals surface area contributed by atoms with E-state index in [0.29, 0.717) is 30.6 Å². The number of benzene rings is 2. The third-order valence-corrected chi connectivity index (χ3v) is 6.76. The number of amides is 1. The van der Waals surface area contributed by atoms with E-state index in [1.807, 2.05) is 12.1 Å². The molecule has 1 aliphatic heterocycles. The van der Waals surface area contributed by atoms with Gasteiger partial charge in [0.15, 0.2) is 0 Å². The number of rotatable bonds is 7. The summed E-state index contributed by atoms with van der Waals surface area (Å²) in [6.45, 7) is 0.407. The van der Waals surface area contributed by atoms with Crippen LogP contribution in [-0.2, 0) is 20.9 Å². The van der Waals surface area contributed by atoms with Crippen molar-refractivity contribution in [1.29, 1.82) is 0 Å². The molecule has 1 fully saturated rings. The van der Waals surface area contributed by atoms with Gasteiger partial charge < -0.3 is 9.47 Å². The molecule has 0 unspecified atom stereocenters. The van der Waals surface area contributed by atoms with E-state index >= 15 is 0 Å². The number of thiocarbonyl (C=S) groups is 1. The zero-order valence-corrected chi connectivity index (χ0v) is 20.9. The number of carbonyl (C=O) groups is 2. The molecule has 31 heavy (non-hydrogen) atoms. The van der Waals surface area contributed by atoms with E-state index in [4.69, 9.17) is 40.2 Å². The lowest BCUT2D eigenvalue weighted by molar-refractivity contribution is -0.140. The second kappa shape index (κ2) is 10.8. The summed E-state index contributed by atoms with van der Waals surface area (Å²) in [5.41, 5.74) is 1.49. The summed E-state index contributed by atoms with van der Waals surface area (Å²) in [6.07, 6.45) is 1.80. The molecule has 0 bridgehead atoms. The van der Waals surface area contributed by atoms with Crippen LogP contribution in [0, 0.1) is 0 Å². The molecule has 162 valence electrons. The van der Waals surface area contributed by atoms with Gasteiger partial charge in [0.1, 0.15) is 16.7 Å². The minimum atomic E-state index is -0.401. The second-order valence-corrected chi connectivity index (χ2v) is 9.80. The lowest BCUT2D eigenvalue weighted by atomic mass is 10.1. The fourth-order valence-corrected chi connectivity index (χ4v) is 4.84. The third kappa shape index (κ3) is 6.23. The fraction of sp³-hybridized carbons (Fsp3) is 0.190. The van der Waals surface area contributed by atoms with Crippen LogP contribution in [0.25, 0.3) is 6.08 Å². The highest BCUT2D eigenvalue weighted by molar-refractivity contribution is 9.10. The predicted molar refractivity (Wildman–Crippen MR) is 131 cm³/mol. The molecule has 2 aromatic rings. The zero-order valence-electron chi connectivity index (χ0n) is 16.2. The van der Waals surface area contributed by atoms with Crippen LogP contribution in [0.3, 0.4) is 0 Å². The Kier molecular flexibility index (Phi) is 8.41. The summed E-state index contributed by atoms with van der Waals surface area (Å²) in [4.78, 5) is 26.0. The van der Waals surface area contributed by atoms with Gasteiger partial charge in [0.25, 0.3) is 5.91 Å². The second-order valence-electron chi connectivity index (χ2n) is 6.37. The molecule has 10 heteroatoms.